The van der Waals surface area contributed by atoms with Crippen LogP contribution in [0.5, 0.6) is 11.5 Å². The van der Waals surface area contributed by atoms with Crippen molar-refractivity contribution in [3.63, 3.8) is 0 Å². The van der Waals surface area contributed by atoms with Crippen LogP contribution in [-0.4, -0.2) is 63.8 Å². The van der Waals surface area contributed by atoms with Gasteiger partial charge in [0, 0.05) is 43.3 Å². The van der Waals surface area contributed by atoms with Crippen LogP contribution in [0.25, 0.3) is 10.8 Å². The first-order valence-corrected chi connectivity index (χ1v) is 24.2. The fourth-order valence-corrected chi connectivity index (χ4v) is 11.9. The number of aromatic nitrogens is 1. The second-order valence-electron chi connectivity index (χ2n) is 20.2. The molecule has 6 N–H and O–H groups in total. The number of nitrogen functional groups attached to an aromatic ring is 1. The van der Waals surface area contributed by atoms with Crippen molar-refractivity contribution in [2.75, 3.05) is 19.4 Å². The van der Waals surface area contributed by atoms with Crippen LogP contribution in [0, 0.1) is 46.8 Å². The van der Waals surface area contributed by atoms with Crippen LogP contribution < -0.4 is 15.8 Å². The Balaban J connectivity index is 1.05. The van der Waals surface area contributed by atoms with Gasteiger partial charge in [-0.15, -0.1) is 0 Å². The monoisotopic (exact) mass is 868 g/mol. The summed E-state index contributed by atoms with van der Waals surface area (Å²) in [5, 5.41) is 41.7. The van der Waals surface area contributed by atoms with Crippen LogP contribution in [0.15, 0.2) is 72.9 Å². The van der Waals surface area contributed by atoms with Gasteiger partial charge in [-0.1, -0.05) is 81.0 Å². The third kappa shape index (κ3) is 10.2. The number of hydrogen-bond donors (Lipinski definition) is 5. The summed E-state index contributed by atoms with van der Waals surface area (Å²) in [4.78, 5) is 30.8. The maximum absolute atomic E-state index is 14.4. The molecule has 0 bridgehead atoms. The number of ketones is 2. The van der Waals surface area contributed by atoms with E-state index in [1.807, 2.05) is 24.3 Å². The molecule has 1 saturated heterocycles. The summed E-state index contributed by atoms with van der Waals surface area (Å²) < 4.78 is 5.55. The van der Waals surface area contributed by atoms with Crippen molar-refractivity contribution in [2.24, 2.45) is 35.0 Å². The van der Waals surface area contributed by atoms with Crippen LogP contribution in [0.3, 0.4) is 0 Å². The summed E-state index contributed by atoms with van der Waals surface area (Å²) in [5.41, 5.74) is 9.00. The number of hydrogen-bond acceptors (Lipinski definition) is 9. The second-order valence-corrected chi connectivity index (χ2v) is 20.2. The first-order valence-electron chi connectivity index (χ1n) is 24.2. The van der Waals surface area contributed by atoms with Gasteiger partial charge in [-0.2, -0.15) is 0 Å². The quantitative estimate of drug-likeness (QED) is 0.0780. The Bertz CT molecular complexity index is 2350. The van der Waals surface area contributed by atoms with Crippen molar-refractivity contribution in [1.29, 1.82) is 0 Å². The number of aliphatic hydroxyl groups is 2. The number of carbonyl (C=O) groups is 2. The number of piperidine rings is 1. The maximum Gasteiger partial charge on any atom is 0.160 e. The topological polar surface area (TPSA) is 155 Å². The lowest BCUT2D eigenvalue weighted by atomic mass is 9.64. The number of phenolic OH excluding ortho intramolecular Hbond substituents is 1. The Morgan fingerprint density at radius 2 is 1.70 bits per heavy atom. The molecule has 340 valence electrons. The first-order chi connectivity index (χ1) is 30.9. The summed E-state index contributed by atoms with van der Waals surface area (Å²) >= 11 is 0. The third-order valence-electron chi connectivity index (χ3n) is 15.6. The van der Waals surface area contributed by atoms with Crippen molar-refractivity contribution in [2.45, 2.75) is 140 Å². The summed E-state index contributed by atoms with van der Waals surface area (Å²) in [6, 6.07) is 22.7. The number of aliphatic hydroxyl groups excluding tert-OH is 2. The van der Waals surface area contributed by atoms with Gasteiger partial charge in [0.25, 0.3) is 0 Å². The van der Waals surface area contributed by atoms with Crippen molar-refractivity contribution >= 4 is 28.2 Å². The summed E-state index contributed by atoms with van der Waals surface area (Å²) in [6.45, 7) is 5.37. The number of fused-ring (bicyclic) bond motifs is 3. The number of methoxy groups -OCH3 is 1. The van der Waals surface area contributed by atoms with Gasteiger partial charge < -0.3 is 31.1 Å². The lowest BCUT2D eigenvalue weighted by Gasteiger charge is -2.42. The molecule has 3 fully saturated rings. The SMILES string of the molecule is COc1cc2c(cc1O)[C@@H](CC[C@H](O)[C@H](CCC(C)C)[C@H](c1ccnc(N)c1)c1ccc3ccccc3c1)C#C[C@@]1(CC[C@H](CC[C@@H]3CN[C@@H]4CC(=O)CC[C@@H]4C3)C[C@H]1O)C(=O)CC2. The highest BCUT2D eigenvalue weighted by molar-refractivity contribution is 5.89. The Hall–Kier alpha value is -4.75. The number of anilines is 1. The van der Waals surface area contributed by atoms with Crippen LogP contribution in [0.4, 0.5) is 5.82 Å². The Morgan fingerprint density at radius 3 is 2.48 bits per heavy atom. The van der Waals surface area contributed by atoms with Crippen molar-refractivity contribution in [3.05, 3.63) is 95.2 Å². The normalized spacial score (nSPS) is 27.3. The molecule has 1 aliphatic heterocycles. The van der Waals surface area contributed by atoms with Gasteiger partial charge in [0.1, 0.15) is 17.0 Å². The Morgan fingerprint density at radius 1 is 0.906 bits per heavy atom. The molecule has 1 spiro atoms. The van der Waals surface area contributed by atoms with Gasteiger partial charge in [-0.05, 0) is 158 Å². The van der Waals surface area contributed by atoms with Gasteiger partial charge in [0.2, 0.25) is 0 Å². The summed E-state index contributed by atoms with van der Waals surface area (Å²) in [7, 11) is 1.53. The molecule has 0 unspecified atom stereocenters. The number of rotatable bonds is 14. The Labute approximate surface area is 380 Å². The lowest BCUT2D eigenvalue weighted by Crippen LogP contribution is -2.49. The molecular formula is C55H69N3O6. The van der Waals surface area contributed by atoms with E-state index < -0.39 is 23.5 Å². The standard InChI is InChI=1S/C55H69N3O6/c1-34(2)8-17-45(54(43-22-25-57-53(56)30-43)42-12-11-37-6-4-5-7-39(37)28-42)48(60)18-14-38-21-24-55(51(62)19-15-40-29-50(64-3)49(61)32-46(38)40)23-20-35(27-52(55)63)9-10-36-26-41-13-16-44(59)31-47(41)58-33-36/h4-7,11-12,22,25,28-30,32,34-36,38,41,45,47-48,52,54,58,60-61,63H,8-10,13-20,23,26-27,31,33H2,1-3H3,(H2,56,57)/t35-,36-,38-,41+,45-,47+,48-,52+,54-,55-/m0/s1. The van der Waals surface area contributed by atoms with Gasteiger partial charge in [0.15, 0.2) is 17.3 Å². The fourth-order valence-electron chi connectivity index (χ4n) is 11.9. The summed E-state index contributed by atoms with van der Waals surface area (Å²) in [6.07, 6.45) is 10.9. The number of nitrogens with two attached hydrogens (primary N) is 1. The number of nitrogens with zero attached hydrogens (tertiary/aromatic N) is 1. The molecule has 3 aromatic carbocycles. The van der Waals surface area contributed by atoms with Crippen LogP contribution in [0.1, 0.15) is 138 Å². The fraction of sp³-hybridized carbons (Fsp3) is 0.545. The van der Waals surface area contributed by atoms with E-state index in [0.29, 0.717) is 92.0 Å². The van der Waals surface area contributed by atoms with E-state index in [1.165, 1.54) is 7.11 Å². The highest BCUT2D eigenvalue weighted by Gasteiger charge is 2.48. The number of benzene rings is 3. The average Bonchev–Trinajstić information content (AvgIpc) is 3.34. The van der Waals surface area contributed by atoms with Crippen LogP contribution >= 0.6 is 0 Å². The molecule has 9 heteroatoms. The van der Waals surface area contributed by atoms with E-state index in [4.69, 9.17) is 10.5 Å². The van der Waals surface area contributed by atoms with E-state index in [0.717, 1.165) is 84.5 Å². The molecule has 0 radical (unpaired) electrons. The number of pyridine rings is 1. The van der Waals surface area contributed by atoms with E-state index in [9.17, 15) is 24.9 Å². The predicted molar refractivity (Wildman–Crippen MR) is 253 cm³/mol. The number of ether oxygens (including phenoxy) is 1. The molecule has 2 heterocycles. The Kier molecular flexibility index (Phi) is 14.4. The van der Waals surface area contributed by atoms with Crippen molar-refractivity contribution < 1.29 is 29.6 Å². The van der Waals surface area contributed by atoms with Gasteiger partial charge in [0.05, 0.1) is 19.3 Å². The molecule has 4 aromatic rings. The molecule has 9 nitrogen and oxygen atoms in total. The molecule has 2 saturated carbocycles. The average molecular weight is 868 g/mol. The number of carbonyl (C=O) groups excluding carboxylic acids is 2. The number of Topliss-reactive ketones (excluding diaryl/α,β-unsaturated/α-hetero) is 2. The highest BCUT2D eigenvalue weighted by Crippen LogP contribution is 2.46. The number of aryl methyl sites for hydroxylation is 1. The molecule has 0 amide bonds. The smallest absolute Gasteiger partial charge is 0.160 e. The van der Waals surface area contributed by atoms with Crippen molar-refractivity contribution in [3.8, 4) is 23.3 Å². The van der Waals surface area contributed by atoms with Gasteiger partial charge in [-0.25, -0.2) is 4.98 Å². The van der Waals surface area contributed by atoms with Crippen LogP contribution in [-0.2, 0) is 16.0 Å². The zero-order valence-electron chi connectivity index (χ0n) is 38.1. The first kappa shape index (κ1) is 45.8. The second kappa shape index (κ2) is 20.2. The third-order valence-corrected chi connectivity index (χ3v) is 15.6. The van der Waals surface area contributed by atoms with Gasteiger partial charge in [-0.3, -0.25) is 9.59 Å². The van der Waals surface area contributed by atoms with Gasteiger partial charge >= 0.3 is 0 Å². The van der Waals surface area contributed by atoms with Crippen molar-refractivity contribution in [1.82, 2.24) is 10.3 Å². The van der Waals surface area contributed by atoms with E-state index in [-0.39, 0.29) is 29.8 Å². The molecule has 10 atom stereocenters. The minimum atomic E-state index is -1.17. The number of aromatic hydroxyl groups is 1. The van der Waals surface area contributed by atoms with E-state index in [1.54, 1.807) is 12.3 Å². The molecule has 64 heavy (non-hydrogen) atoms. The number of phenols is 1. The van der Waals surface area contributed by atoms with E-state index >= 15 is 0 Å². The van der Waals surface area contributed by atoms with Crippen LogP contribution in [0.2, 0.25) is 0 Å². The molecule has 8 rings (SSSR count). The molecule has 3 aliphatic carbocycles. The predicted octanol–water partition coefficient (Wildman–Crippen LogP) is 9.43. The lowest BCUT2D eigenvalue weighted by molar-refractivity contribution is -0.134. The zero-order valence-corrected chi connectivity index (χ0v) is 38.1. The van der Waals surface area contributed by atoms with E-state index in [2.05, 4.69) is 72.4 Å². The molecule has 1 aromatic heterocycles. The highest BCUT2D eigenvalue weighted by atomic mass is 16.5. The largest absolute Gasteiger partial charge is 0.504 e. The summed E-state index contributed by atoms with van der Waals surface area (Å²) in [5.74, 6) is 9.29. The number of nitrogens with one attached hydrogen (secondary N) is 1. The zero-order chi connectivity index (χ0) is 45.0. The molecule has 4 aliphatic rings. The minimum absolute atomic E-state index is 0.0107. The molecular weight excluding hydrogens is 799 g/mol. The maximum atomic E-state index is 14.4. The minimum Gasteiger partial charge on any atom is -0.504 e.